The molecule has 150 valence electrons. The van der Waals surface area contributed by atoms with Crippen molar-refractivity contribution < 1.29 is 22.4 Å². The predicted molar refractivity (Wildman–Crippen MR) is 110 cm³/mol. The minimum atomic E-state index is -3.64. The predicted octanol–water partition coefficient (Wildman–Crippen LogP) is 3.62. The van der Waals surface area contributed by atoms with Crippen LogP contribution in [0.1, 0.15) is 33.4 Å². The third-order valence-electron chi connectivity index (χ3n) is 4.41. The quantitative estimate of drug-likeness (QED) is 0.602. The summed E-state index contributed by atoms with van der Waals surface area (Å²) in [6.45, 7) is 3.16. The number of Topliss-reactive ketones (excluding diaryl/α,β-unsaturated/α-hetero) is 1. The highest BCUT2D eigenvalue weighted by molar-refractivity contribution is 7.89. The van der Waals surface area contributed by atoms with Crippen LogP contribution in [-0.4, -0.2) is 27.2 Å². The zero-order valence-corrected chi connectivity index (χ0v) is 17.0. The van der Waals surface area contributed by atoms with Gasteiger partial charge in [-0.25, -0.2) is 13.1 Å². The molecule has 0 spiro atoms. The Labute approximate surface area is 168 Å². The van der Waals surface area contributed by atoms with Gasteiger partial charge in [-0.2, -0.15) is 0 Å². The maximum Gasteiger partial charge on any atom is 0.291 e. The molecule has 0 aliphatic rings. The molecular formula is C21H20N2O5S. The van der Waals surface area contributed by atoms with Gasteiger partial charge in [0.1, 0.15) is 5.76 Å². The topological polar surface area (TPSA) is 105 Å². The van der Waals surface area contributed by atoms with E-state index in [0.717, 1.165) is 5.56 Å². The van der Waals surface area contributed by atoms with E-state index in [-0.39, 0.29) is 16.4 Å². The van der Waals surface area contributed by atoms with Crippen LogP contribution in [0.3, 0.4) is 0 Å². The monoisotopic (exact) mass is 412 g/mol. The lowest BCUT2D eigenvalue weighted by Crippen LogP contribution is -2.20. The summed E-state index contributed by atoms with van der Waals surface area (Å²) in [5.74, 6) is 0.0175. The van der Waals surface area contributed by atoms with Gasteiger partial charge in [-0.1, -0.05) is 30.3 Å². The maximum atomic E-state index is 12.5. The number of carbonyl (C=O) groups excluding carboxylic acids is 2. The number of rotatable bonds is 6. The molecule has 1 heterocycles. The average molecular weight is 412 g/mol. The molecule has 0 radical (unpaired) electrons. The van der Waals surface area contributed by atoms with Crippen LogP contribution in [0, 0.1) is 6.92 Å². The van der Waals surface area contributed by atoms with E-state index in [1.807, 2.05) is 0 Å². The van der Waals surface area contributed by atoms with E-state index in [0.29, 0.717) is 22.6 Å². The summed E-state index contributed by atoms with van der Waals surface area (Å²) >= 11 is 0. The molecule has 2 aromatic carbocycles. The third-order valence-corrected chi connectivity index (χ3v) is 5.97. The summed E-state index contributed by atoms with van der Waals surface area (Å²) in [6, 6.07) is 14.7. The summed E-state index contributed by atoms with van der Waals surface area (Å²) in [5.41, 5.74) is 2.21. The first-order valence-corrected chi connectivity index (χ1v) is 10.3. The molecule has 3 aromatic rings. The Hall–Kier alpha value is -3.23. The molecule has 0 saturated carbocycles. The highest BCUT2D eigenvalue weighted by Gasteiger charge is 2.17. The van der Waals surface area contributed by atoms with Crippen molar-refractivity contribution in [1.29, 1.82) is 0 Å². The first-order chi connectivity index (χ1) is 13.7. The molecule has 0 fully saturated rings. The van der Waals surface area contributed by atoms with Gasteiger partial charge >= 0.3 is 0 Å². The molecule has 8 heteroatoms. The van der Waals surface area contributed by atoms with Gasteiger partial charge < -0.3 is 9.73 Å². The number of carbonyl (C=O) groups is 2. The summed E-state index contributed by atoms with van der Waals surface area (Å²) in [7, 11) is -2.32. The molecular weight excluding hydrogens is 392 g/mol. The number of ketones is 1. The Bertz CT molecular complexity index is 1180. The van der Waals surface area contributed by atoms with E-state index in [2.05, 4.69) is 10.0 Å². The van der Waals surface area contributed by atoms with Crippen LogP contribution in [0.4, 0.5) is 5.69 Å². The first-order valence-electron chi connectivity index (χ1n) is 8.78. The summed E-state index contributed by atoms with van der Waals surface area (Å²) in [5, 5.41) is 2.64. The van der Waals surface area contributed by atoms with Gasteiger partial charge in [0.15, 0.2) is 11.5 Å². The second-order valence-electron chi connectivity index (χ2n) is 6.44. The Morgan fingerprint density at radius 2 is 1.66 bits per heavy atom. The van der Waals surface area contributed by atoms with E-state index in [9.17, 15) is 18.0 Å². The van der Waals surface area contributed by atoms with Crippen LogP contribution in [0.5, 0.6) is 0 Å². The van der Waals surface area contributed by atoms with Crippen LogP contribution in [0.15, 0.2) is 63.9 Å². The minimum Gasteiger partial charge on any atom is -0.451 e. The number of sulfonamides is 1. The molecule has 7 nitrogen and oxygen atoms in total. The maximum absolute atomic E-state index is 12.5. The van der Waals surface area contributed by atoms with Gasteiger partial charge in [-0.05, 0) is 50.7 Å². The lowest BCUT2D eigenvalue weighted by atomic mass is 10.1. The third kappa shape index (κ3) is 4.44. The highest BCUT2D eigenvalue weighted by atomic mass is 32.2. The zero-order valence-electron chi connectivity index (χ0n) is 16.1. The molecule has 1 aromatic heterocycles. The fraction of sp³-hybridized carbons (Fsp3) is 0.143. The number of hydrogen-bond donors (Lipinski definition) is 2. The van der Waals surface area contributed by atoms with Crippen LogP contribution < -0.4 is 10.0 Å². The van der Waals surface area contributed by atoms with Crippen molar-refractivity contribution in [2.24, 2.45) is 0 Å². The zero-order chi connectivity index (χ0) is 21.2. The van der Waals surface area contributed by atoms with Crippen LogP contribution in [-0.2, 0) is 10.0 Å². The molecule has 1 amide bonds. The number of furan rings is 1. The van der Waals surface area contributed by atoms with Crippen LogP contribution >= 0.6 is 0 Å². The molecule has 0 atom stereocenters. The number of amides is 1. The highest BCUT2D eigenvalue weighted by Crippen LogP contribution is 2.24. The number of benzene rings is 2. The fourth-order valence-corrected chi connectivity index (χ4v) is 3.75. The summed E-state index contributed by atoms with van der Waals surface area (Å²) < 4.78 is 32.1. The van der Waals surface area contributed by atoms with E-state index in [1.165, 1.54) is 26.1 Å². The molecule has 2 N–H and O–H groups in total. The first kappa shape index (κ1) is 20.5. The van der Waals surface area contributed by atoms with Crippen molar-refractivity contribution in [1.82, 2.24) is 4.72 Å². The van der Waals surface area contributed by atoms with Gasteiger partial charge in [0, 0.05) is 16.8 Å². The normalized spacial score (nSPS) is 11.3. The van der Waals surface area contributed by atoms with Crippen LogP contribution in [0.2, 0.25) is 0 Å². The molecule has 0 unspecified atom stereocenters. The molecule has 29 heavy (non-hydrogen) atoms. The number of hydrogen-bond acceptors (Lipinski definition) is 5. The molecule has 0 aliphatic heterocycles. The Kier molecular flexibility index (Phi) is 5.67. The Morgan fingerprint density at radius 1 is 0.966 bits per heavy atom. The summed E-state index contributed by atoms with van der Waals surface area (Å²) in [6.07, 6.45) is 0. The van der Waals surface area contributed by atoms with Gasteiger partial charge in [0.05, 0.1) is 4.90 Å². The van der Waals surface area contributed by atoms with E-state index in [1.54, 1.807) is 49.4 Å². The lowest BCUT2D eigenvalue weighted by Gasteiger charge is -2.09. The van der Waals surface area contributed by atoms with Crippen molar-refractivity contribution in [3.8, 4) is 11.3 Å². The largest absolute Gasteiger partial charge is 0.451 e. The van der Waals surface area contributed by atoms with Gasteiger partial charge in [-0.15, -0.1) is 0 Å². The molecule has 3 rings (SSSR count). The number of aryl methyl sites for hydroxylation is 1. The van der Waals surface area contributed by atoms with Crippen molar-refractivity contribution in [3.05, 3.63) is 71.5 Å². The van der Waals surface area contributed by atoms with Gasteiger partial charge in [-0.3, -0.25) is 9.59 Å². The SMILES string of the molecule is CNS(=O)(=O)c1cc(NC(=O)c2ccc(-c3ccc(C(C)=O)cc3)o2)ccc1C. The van der Waals surface area contributed by atoms with Crippen molar-refractivity contribution >= 4 is 27.4 Å². The number of nitrogens with one attached hydrogen (secondary N) is 2. The fourth-order valence-electron chi connectivity index (χ4n) is 2.75. The average Bonchev–Trinajstić information content (AvgIpc) is 3.20. The van der Waals surface area contributed by atoms with Gasteiger partial charge in [0.25, 0.3) is 5.91 Å². The molecule has 0 saturated heterocycles. The Balaban J connectivity index is 1.81. The minimum absolute atomic E-state index is 0.0335. The Morgan fingerprint density at radius 3 is 2.28 bits per heavy atom. The van der Waals surface area contributed by atoms with Crippen LogP contribution in [0.25, 0.3) is 11.3 Å². The van der Waals surface area contributed by atoms with E-state index >= 15 is 0 Å². The van der Waals surface area contributed by atoms with Crippen molar-refractivity contribution in [2.75, 3.05) is 12.4 Å². The van der Waals surface area contributed by atoms with Gasteiger partial charge in [0.2, 0.25) is 10.0 Å². The van der Waals surface area contributed by atoms with Crippen molar-refractivity contribution in [2.45, 2.75) is 18.7 Å². The smallest absolute Gasteiger partial charge is 0.291 e. The summed E-state index contributed by atoms with van der Waals surface area (Å²) in [4.78, 5) is 24.0. The molecule has 0 bridgehead atoms. The number of anilines is 1. The molecule has 0 aliphatic carbocycles. The standard InChI is InChI=1S/C21H20N2O5S/c1-13-4-9-17(12-20(13)29(26,27)22-3)23-21(25)19-11-10-18(28-19)16-7-5-15(6-8-16)14(2)24/h4-12,22H,1-3H3,(H,23,25). The second kappa shape index (κ2) is 8.02. The van der Waals surface area contributed by atoms with E-state index in [4.69, 9.17) is 4.42 Å². The lowest BCUT2D eigenvalue weighted by molar-refractivity contribution is 0.0994. The van der Waals surface area contributed by atoms with E-state index < -0.39 is 15.9 Å². The second-order valence-corrected chi connectivity index (χ2v) is 8.29. The van der Waals surface area contributed by atoms with Crippen molar-refractivity contribution in [3.63, 3.8) is 0 Å².